The van der Waals surface area contributed by atoms with E-state index >= 15 is 0 Å². The van der Waals surface area contributed by atoms with Gasteiger partial charge in [-0.1, -0.05) is 61.5 Å². The fourth-order valence-electron chi connectivity index (χ4n) is 4.00. The molecule has 0 fully saturated rings. The number of hydrogen-bond acceptors (Lipinski definition) is 5. The zero-order valence-corrected chi connectivity index (χ0v) is 20.1. The summed E-state index contributed by atoms with van der Waals surface area (Å²) in [5.74, 6) is 0.383. The monoisotopic (exact) mass is 473 g/mol. The Morgan fingerprint density at radius 3 is 2.54 bits per heavy atom. The Hall–Kier alpha value is -3.94. The van der Waals surface area contributed by atoms with Crippen LogP contribution in [0, 0.1) is 5.92 Å². The van der Waals surface area contributed by atoms with Gasteiger partial charge in [-0.2, -0.15) is 0 Å². The molecular weight excluding hydrogens is 442 g/mol. The van der Waals surface area contributed by atoms with Crippen LogP contribution in [0.4, 0.5) is 0 Å². The van der Waals surface area contributed by atoms with E-state index in [0.717, 1.165) is 17.5 Å². The van der Waals surface area contributed by atoms with Crippen molar-refractivity contribution >= 4 is 22.8 Å². The highest BCUT2D eigenvalue weighted by atomic mass is 16.3. The molecular formula is C27H31N5O3. The molecule has 2 heterocycles. The molecule has 2 aromatic heterocycles. The second-order valence-corrected chi connectivity index (χ2v) is 8.95. The van der Waals surface area contributed by atoms with Crippen molar-refractivity contribution in [1.82, 2.24) is 25.2 Å². The van der Waals surface area contributed by atoms with Crippen molar-refractivity contribution < 1.29 is 14.0 Å². The molecule has 182 valence electrons. The lowest BCUT2D eigenvalue weighted by molar-refractivity contribution is -0.142. The maximum Gasteiger partial charge on any atom is 0.250 e. The Morgan fingerprint density at radius 2 is 1.80 bits per heavy atom. The van der Waals surface area contributed by atoms with Gasteiger partial charge < -0.3 is 14.6 Å². The zero-order valence-electron chi connectivity index (χ0n) is 20.1. The van der Waals surface area contributed by atoms with E-state index in [9.17, 15) is 9.59 Å². The van der Waals surface area contributed by atoms with E-state index in [1.807, 2.05) is 54.6 Å². The molecule has 2 aromatic carbocycles. The predicted octanol–water partition coefficient (Wildman–Crippen LogP) is 4.00. The summed E-state index contributed by atoms with van der Waals surface area (Å²) in [5.41, 5.74) is 2.56. The molecule has 2 amide bonds. The first-order valence-corrected chi connectivity index (χ1v) is 12.0. The highest BCUT2D eigenvalue weighted by Crippen LogP contribution is 2.24. The van der Waals surface area contributed by atoms with Crippen LogP contribution in [-0.2, 0) is 22.6 Å². The van der Waals surface area contributed by atoms with E-state index in [1.165, 1.54) is 6.26 Å². The van der Waals surface area contributed by atoms with Gasteiger partial charge in [0.1, 0.15) is 17.8 Å². The molecule has 1 atom stereocenters. The van der Waals surface area contributed by atoms with Crippen molar-refractivity contribution in [2.45, 2.75) is 39.3 Å². The van der Waals surface area contributed by atoms with Gasteiger partial charge >= 0.3 is 0 Å². The van der Waals surface area contributed by atoms with Crippen LogP contribution in [0.25, 0.3) is 11.0 Å². The van der Waals surface area contributed by atoms with Gasteiger partial charge in [-0.15, -0.1) is 5.10 Å². The highest BCUT2D eigenvalue weighted by molar-refractivity contribution is 5.88. The Labute approximate surface area is 204 Å². The maximum absolute atomic E-state index is 13.7. The van der Waals surface area contributed by atoms with Crippen molar-refractivity contribution in [2.75, 3.05) is 13.1 Å². The van der Waals surface area contributed by atoms with E-state index in [-0.39, 0.29) is 18.4 Å². The minimum Gasteiger partial charge on any atom is -0.467 e. The quantitative estimate of drug-likeness (QED) is 0.355. The number of aromatic nitrogens is 3. The average Bonchev–Trinajstić information content (AvgIpc) is 3.52. The molecule has 0 aliphatic rings. The summed E-state index contributed by atoms with van der Waals surface area (Å²) < 4.78 is 7.22. The van der Waals surface area contributed by atoms with Gasteiger partial charge in [0.15, 0.2) is 6.04 Å². The van der Waals surface area contributed by atoms with Crippen LogP contribution in [0.2, 0.25) is 0 Å². The number of hydrogen-bond donors (Lipinski definition) is 1. The van der Waals surface area contributed by atoms with Gasteiger partial charge in [-0.3, -0.25) is 9.59 Å². The third kappa shape index (κ3) is 6.15. The molecule has 0 saturated heterocycles. The summed E-state index contributed by atoms with van der Waals surface area (Å²) in [6.45, 7) is 5.05. The third-order valence-electron chi connectivity index (χ3n) is 5.90. The molecule has 0 radical (unpaired) electrons. The molecule has 1 N–H and O–H groups in total. The van der Waals surface area contributed by atoms with E-state index in [0.29, 0.717) is 36.7 Å². The summed E-state index contributed by atoms with van der Waals surface area (Å²) in [7, 11) is 0. The molecule has 0 unspecified atom stereocenters. The van der Waals surface area contributed by atoms with E-state index in [2.05, 4.69) is 29.5 Å². The van der Waals surface area contributed by atoms with Crippen molar-refractivity contribution in [1.29, 1.82) is 0 Å². The Bertz CT molecular complexity index is 1230. The summed E-state index contributed by atoms with van der Waals surface area (Å²) in [5, 5.41) is 11.3. The zero-order chi connectivity index (χ0) is 24.6. The molecule has 0 saturated carbocycles. The summed E-state index contributed by atoms with van der Waals surface area (Å²) in [4.78, 5) is 28.7. The number of nitrogens with zero attached hydrogens (tertiary/aromatic N) is 4. The van der Waals surface area contributed by atoms with E-state index in [1.54, 1.807) is 21.7 Å². The van der Waals surface area contributed by atoms with Crippen LogP contribution < -0.4 is 5.32 Å². The largest absolute Gasteiger partial charge is 0.467 e. The molecule has 8 nitrogen and oxygen atoms in total. The van der Waals surface area contributed by atoms with Crippen LogP contribution in [-0.4, -0.2) is 44.8 Å². The van der Waals surface area contributed by atoms with Crippen LogP contribution >= 0.6 is 0 Å². The first-order valence-electron chi connectivity index (χ1n) is 12.0. The summed E-state index contributed by atoms with van der Waals surface area (Å²) in [6, 6.07) is 20.0. The summed E-state index contributed by atoms with van der Waals surface area (Å²) >= 11 is 0. The maximum atomic E-state index is 13.7. The Balaban J connectivity index is 1.62. The average molecular weight is 474 g/mol. The van der Waals surface area contributed by atoms with Gasteiger partial charge in [0.25, 0.3) is 5.91 Å². The van der Waals surface area contributed by atoms with Gasteiger partial charge in [0.05, 0.1) is 11.8 Å². The number of carbonyl (C=O) groups excluding carboxylic acids is 2. The van der Waals surface area contributed by atoms with Gasteiger partial charge in [-0.25, -0.2) is 4.68 Å². The van der Waals surface area contributed by atoms with Gasteiger partial charge in [0, 0.05) is 13.1 Å². The predicted molar refractivity (Wildman–Crippen MR) is 133 cm³/mol. The van der Waals surface area contributed by atoms with Crippen LogP contribution in [0.3, 0.4) is 0 Å². The summed E-state index contributed by atoms with van der Waals surface area (Å²) in [6.07, 6.45) is 2.97. The number of nitrogens with one attached hydrogen (secondary N) is 1. The number of para-hydroxylation sites is 1. The topological polar surface area (TPSA) is 93.3 Å². The third-order valence-corrected chi connectivity index (χ3v) is 5.90. The minimum atomic E-state index is -0.886. The van der Waals surface area contributed by atoms with Gasteiger partial charge in [0.2, 0.25) is 5.91 Å². The number of furan rings is 1. The molecule has 0 spiro atoms. The van der Waals surface area contributed by atoms with Crippen LogP contribution in [0.15, 0.2) is 77.4 Å². The number of carbonyl (C=O) groups is 2. The second-order valence-electron chi connectivity index (χ2n) is 8.95. The van der Waals surface area contributed by atoms with Crippen LogP contribution in [0.1, 0.15) is 37.6 Å². The fourth-order valence-corrected chi connectivity index (χ4v) is 4.00. The van der Waals surface area contributed by atoms with Crippen molar-refractivity contribution in [3.63, 3.8) is 0 Å². The fraction of sp³-hybridized carbons (Fsp3) is 0.333. The number of fused-ring (bicyclic) bond motifs is 1. The Morgan fingerprint density at radius 1 is 1.03 bits per heavy atom. The number of amides is 2. The molecule has 8 heteroatoms. The molecule has 0 aliphatic carbocycles. The standard InChI is InChI=1S/C27H31N5O3/c1-20(2)14-16-28-27(34)26(24-13-8-18-35-24)31(17-15-21-9-4-3-5-10-21)25(33)19-32-23-12-7-6-11-22(23)29-30-32/h3-13,18,20,26H,14-17,19H2,1-2H3,(H,28,34)/t26-/m0/s1. The Kier molecular flexibility index (Phi) is 7.92. The van der Waals surface area contributed by atoms with Crippen molar-refractivity contribution in [3.05, 3.63) is 84.3 Å². The lowest BCUT2D eigenvalue weighted by atomic mass is 10.1. The van der Waals surface area contributed by atoms with Crippen LogP contribution in [0.5, 0.6) is 0 Å². The smallest absolute Gasteiger partial charge is 0.250 e. The lowest BCUT2D eigenvalue weighted by Gasteiger charge is -2.30. The van der Waals surface area contributed by atoms with E-state index < -0.39 is 6.04 Å². The first-order chi connectivity index (χ1) is 17.0. The minimum absolute atomic E-state index is 0.0359. The number of benzene rings is 2. The lowest BCUT2D eigenvalue weighted by Crippen LogP contribution is -2.46. The van der Waals surface area contributed by atoms with Crippen molar-refractivity contribution in [2.24, 2.45) is 5.92 Å². The molecule has 0 bridgehead atoms. The second kappa shape index (κ2) is 11.5. The SMILES string of the molecule is CC(C)CCNC(=O)[C@H](c1ccco1)N(CCc1ccccc1)C(=O)Cn1nnc2ccccc21. The normalized spacial score (nSPS) is 12.1. The van der Waals surface area contributed by atoms with Gasteiger partial charge in [-0.05, 0) is 48.6 Å². The molecule has 0 aliphatic heterocycles. The number of rotatable bonds is 11. The molecule has 4 rings (SSSR count). The molecule has 4 aromatic rings. The highest BCUT2D eigenvalue weighted by Gasteiger charge is 2.33. The van der Waals surface area contributed by atoms with E-state index in [4.69, 9.17) is 4.42 Å². The van der Waals surface area contributed by atoms with Crippen molar-refractivity contribution in [3.8, 4) is 0 Å². The molecule has 35 heavy (non-hydrogen) atoms. The first kappa shape index (κ1) is 24.2.